The first-order valence-corrected chi connectivity index (χ1v) is 19.0. The molecule has 0 radical (unpaired) electrons. The van der Waals surface area contributed by atoms with Gasteiger partial charge in [-0.1, -0.05) is 147 Å². The van der Waals surface area contributed by atoms with Gasteiger partial charge in [0.05, 0.1) is 27.8 Å². The van der Waals surface area contributed by atoms with Crippen molar-refractivity contribution in [1.29, 1.82) is 0 Å². The Morgan fingerprint density at radius 1 is 0.473 bits per heavy atom. The summed E-state index contributed by atoms with van der Waals surface area (Å²) in [4.78, 5) is 11.1. The molecule has 0 fully saturated rings. The molecule has 0 saturated carbocycles. The Bertz CT molecular complexity index is 3400. The van der Waals surface area contributed by atoms with Crippen molar-refractivity contribution in [3.63, 3.8) is 0 Å². The molecule has 55 heavy (non-hydrogen) atoms. The van der Waals surface area contributed by atoms with Crippen LogP contribution in [0.5, 0.6) is 0 Å². The van der Waals surface area contributed by atoms with E-state index in [1.165, 1.54) is 54.6 Å². The zero-order valence-corrected chi connectivity index (χ0v) is 30.5. The number of hydrogen-bond acceptors (Lipinski definition) is 2. The van der Waals surface area contributed by atoms with E-state index in [-0.39, 0.29) is 5.41 Å². The quantitative estimate of drug-likeness (QED) is 0.172. The molecule has 0 bridgehead atoms. The normalized spacial score (nSPS) is 13.4. The molecule has 11 aromatic rings. The van der Waals surface area contributed by atoms with Gasteiger partial charge in [-0.3, -0.25) is 4.57 Å². The van der Waals surface area contributed by atoms with E-state index in [2.05, 4.69) is 193 Å². The zero-order valence-electron chi connectivity index (χ0n) is 30.5. The minimum Gasteiger partial charge on any atom is -0.315 e. The number of para-hydroxylation sites is 2. The van der Waals surface area contributed by atoms with Crippen molar-refractivity contribution < 1.29 is 0 Å². The summed E-state index contributed by atoms with van der Waals surface area (Å²) in [7, 11) is 0. The Balaban J connectivity index is 1.25. The molecule has 0 aliphatic heterocycles. The summed E-state index contributed by atoms with van der Waals surface area (Å²) in [5, 5.41) is 9.44. The molecule has 0 unspecified atom stereocenters. The molecule has 3 aromatic heterocycles. The molecule has 0 saturated heterocycles. The highest BCUT2D eigenvalue weighted by molar-refractivity contribution is 6.34. The summed E-state index contributed by atoms with van der Waals surface area (Å²) in [5.74, 6) is 0.658. The van der Waals surface area contributed by atoms with E-state index in [4.69, 9.17) is 9.97 Å². The topological polar surface area (TPSA) is 35.6 Å². The Hall–Kier alpha value is -7.04. The van der Waals surface area contributed by atoms with Gasteiger partial charge in [-0.2, -0.15) is 0 Å². The molecule has 1 aliphatic rings. The van der Waals surface area contributed by atoms with Gasteiger partial charge in [0, 0.05) is 49.8 Å². The summed E-state index contributed by atoms with van der Waals surface area (Å²) >= 11 is 0. The lowest BCUT2D eigenvalue weighted by Gasteiger charge is -2.22. The number of rotatable bonds is 3. The average molecular weight is 703 g/mol. The Labute approximate surface area is 317 Å². The third kappa shape index (κ3) is 4.11. The summed E-state index contributed by atoms with van der Waals surface area (Å²) in [5.41, 5.74) is 12.6. The van der Waals surface area contributed by atoms with Crippen LogP contribution in [-0.4, -0.2) is 19.1 Å². The number of hydrogen-bond donors (Lipinski definition) is 0. The second kappa shape index (κ2) is 11.0. The van der Waals surface area contributed by atoms with Gasteiger partial charge >= 0.3 is 0 Å². The van der Waals surface area contributed by atoms with Gasteiger partial charge in [0.15, 0.2) is 0 Å². The van der Waals surface area contributed by atoms with Gasteiger partial charge in [0.25, 0.3) is 0 Å². The van der Waals surface area contributed by atoms with E-state index in [0.29, 0.717) is 5.95 Å². The van der Waals surface area contributed by atoms with Gasteiger partial charge in [-0.25, -0.2) is 9.97 Å². The van der Waals surface area contributed by atoms with Crippen molar-refractivity contribution in [2.24, 2.45) is 0 Å². The van der Waals surface area contributed by atoms with Crippen LogP contribution in [0.4, 0.5) is 0 Å². The van der Waals surface area contributed by atoms with Crippen LogP contribution in [0.2, 0.25) is 0 Å². The zero-order chi connectivity index (χ0) is 36.4. The van der Waals surface area contributed by atoms with Crippen molar-refractivity contribution in [2.75, 3.05) is 0 Å². The standard InChI is InChI=1S/C51H34N4/c1-51(2)42-22-12-10-18-36(42)37-26-25-32(30-43(37)51)46-40-21-11-13-23-44(40)52-50(53-46)55-48-39-20-9-7-17-35(39)34-16-6-8-19-38(34)45(48)41-27-24-31-28-29-54(47(31)49(41)55)33-14-4-3-5-15-33/h3-30H,1-2H3. The van der Waals surface area contributed by atoms with Crippen LogP contribution >= 0.6 is 0 Å². The predicted octanol–water partition coefficient (Wildman–Crippen LogP) is 13.0. The largest absolute Gasteiger partial charge is 0.315 e. The predicted molar refractivity (Wildman–Crippen MR) is 229 cm³/mol. The maximum Gasteiger partial charge on any atom is 0.235 e. The monoisotopic (exact) mass is 702 g/mol. The molecule has 12 rings (SSSR count). The molecular weight excluding hydrogens is 669 g/mol. The summed E-state index contributed by atoms with van der Waals surface area (Å²) in [6.07, 6.45) is 2.19. The smallest absolute Gasteiger partial charge is 0.235 e. The minimum atomic E-state index is -0.130. The molecule has 0 atom stereocenters. The molecule has 4 nitrogen and oxygen atoms in total. The van der Waals surface area contributed by atoms with Crippen LogP contribution in [-0.2, 0) is 5.41 Å². The van der Waals surface area contributed by atoms with Crippen LogP contribution in [0.25, 0.3) is 99.2 Å². The molecule has 8 aromatic carbocycles. The molecule has 4 heteroatoms. The molecular formula is C51H34N4. The second-order valence-electron chi connectivity index (χ2n) is 15.4. The SMILES string of the molecule is CC1(C)c2ccccc2-c2ccc(-c3nc(-n4c5c6ccccc6c6ccccc6c5c5ccc6ccn(-c7ccccc7)c6c54)nc4ccccc34)cc21. The maximum atomic E-state index is 5.66. The first-order chi connectivity index (χ1) is 27.1. The molecule has 258 valence electrons. The number of benzene rings is 8. The molecule has 0 amide bonds. The fourth-order valence-electron chi connectivity index (χ4n) is 9.62. The lowest BCUT2D eigenvalue weighted by molar-refractivity contribution is 0.660. The fourth-order valence-corrected chi connectivity index (χ4v) is 9.62. The van der Waals surface area contributed by atoms with E-state index >= 15 is 0 Å². The first kappa shape index (κ1) is 30.4. The van der Waals surface area contributed by atoms with E-state index in [0.717, 1.165) is 49.8 Å². The van der Waals surface area contributed by atoms with Crippen LogP contribution in [0.15, 0.2) is 170 Å². The minimum absolute atomic E-state index is 0.130. The van der Waals surface area contributed by atoms with Gasteiger partial charge in [-0.05, 0) is 68.7 Å². The van der Waals surface area contributed by atoms with Crippen molar-refractivity contribution in [1.82, 2.24) is 19.1 Å². The van der Waals surface area contributed by atoms with Crippen LogP contribution in [0.3, 0.4) is 0 Å². The molecule has 1 aliphatic carbocycles. The van der Waals surface area contributed by atoms with E-state index in [1.807, 2.05) is 0 Å². The molecule has 3 heterocycles. The maximum absolute atomic E-state index is 5.66. The fraction of sp³-hybridized carbons (Fsp3) is 0.0588. The van der Waals surface area contributed by atoms with Crippen molar-refractivity contribution >= 4 is 65.2 Å². The van der Waals surface area contributed by atoms with E-state index < -0.39 is 0 Å². The van der Waals surface area contributed by atoms with Gasteiger partial charge in [-0.15, -0.1) is 0 Å². The third-order valence-electron chi connectivity index (χ3n) is 12.1. The lowest BCUT2D eigenvalue weighted by Crippen LogP contribution is -2.15. The van der Waals surface area contributed by atoms with Crippen LogP contribution < -0.4 is 0 Å². The Morgan fingerprint density at radius 3 is 1.98 bits per heavy atom. The number of nitrogens with zero attached hydrogens (tertiary/aromatic N) is 4. The highest BCUT2D eigenvalue weighted by Gasteiger charge is 2.35. The van der Waals surface area contributed by atoms with Gasteiger partial charge in [0.2, 0.25) is 5.95 Å². The summed E-state index contributed by atoms with van der Waals surface area (Å²) in [6, 6.07) is 59.3. The summed E-state index contributed by atoms with van der Waals surface area (Å²) in [6.45, 7) is 4.68. The van der Waals surface area contributed by atoms with Gasteiger partial charge in [0.1, 0.15) is 0 Å². The highest BCUT2D eigenvalue weighted by atomic mass is 15.2. The number of fused-ring (bicyclic) bond motifs is 14. The average Bonchev–Trinajstić information content (AvgIpc) is 3.90. The van der Waals surface area contributed by atoms with Crippen LogP contribution in [0, 0.1) is 0 Å². The van der Waals surface area contributed by atoms with Crippen LogP contribution in [0.1, 0.15) is 25.0 Å². The van der Waals surface area contributed by atoms with Crippen molar-refractivity contribution in [2.45, 2.75) is 19.3 Å². The molecule has 0 spiro atoms. The van der Waals surface area contributed by atoms with E-state index in [1.54, 1.807) is 0 Å². The molecule has 0 N–H and O–H groups in total. The first-order valence-electron chi connectivity index (χ1n) is 19.0. The second-order valence-corrected chi connectivity index (χ2v) is 15.4. The summed E-state index contributed by atoms with van der Waals surface area (Å²) < 4.78 is 4.68. The Morgan fingerprint density at radius 2 is 1.15 bits per heavy atom. The van der Waals surface area contributed by atoms with Crippen molar-refractivity contribution in [3.05, 3.63) is 181 Å². The lowest BCUT2D eigenvalue weighted by atomic mass is 9.82. The van der Waals surface area contributed by atoms with Gasteiger partial charge < -0.3 is 4.57 Å². The highest BCUT2D eigenvalue weighted by Crippen LogP contribution is 2.50. The Kier molecular flexibility index (Phi) is 6.09. The van der Waals surface area contributed by atoms with E-state index in [9.17, 15) is 0 Å². The third-order valence-corrected chi connectivity index (χ3v) is 12.1. The number of aromatic nitrogens is 4. The van der Waals surface area contributed by atoms with Crippen molar-refractivity contribution in [3.8, 4) is 34.0 Å².